The Bertz CT molecular complexity index is 1870. The lowest BCUT2D eigenvalue weighted by Gasteiger charge is -2.34. The van der Waals surface area contributed by atoms with Gasteiger partial charge < -0.3 is 15.0 Å². The van der Waals surface area contributed by atoms with Gasteiger partial charge in [-0.1, -0.05) is 90.1 Å². The van der Waals surface area contributed by atoms with Crippen molar-refractivity contribution in [1.29, 1.82) is 0 Å². The molecule has 4 aromatic rings. The molecule has 0 aliphatic heterocycles. The zero-order valence-electron chi connectivity index (χ0n) is 27.2. The van der Waals surface area contributed by atoms with Crippen molar-refractivity contribution in [2.75, 3.05) is 18.0 Å². The lowest BCUT2D eigenvalue weighted by atomic mass is 10.0. The van der Waals surface area contributed by atoms with Crippen LogP contribution in [0.5, 0.6) is 5.75 Å². The van der Waals surface area contributed by atoms with E-state index in [0.29, 0.717) is 25.8 Å². The fraction of sp³-hybridized carbons (Fsp3) is 0.297. The number of hydrogen-bond donors (Lipinski definition) is 1. The summed E-state index contributed by atoms with van der Waals surface area (Å²) >= 11 is 16.6. The fourth-order valence-electron chi connectivity index (χ4n) is 5.95. The van der Waals surface area contributed by atoms with Crippen LogP contribution in [0.15, 0.2) is 100 Å². The molecule has 0 radical (unpaired) electrons. The van der Waals surface area contributed by atoms with Crippen LogP contribution in [-0.4, -0.2) is 50.9 Å². The molecule has 0 aromatic heterocycles. The van der Waals surface area contributed by atoms with Gasteiger partial charge in [-0.05, 0) is 83.7 Å². The van der Waals surface area contributed by atoms with Gasteiger partial charge in [-0.25, -0.2) is 8.42 Å². The van der Waals surface area contributed by atoms with Crippen LogP contribution in [0.1, 0.15) is 42.4 Å². The molecule has 1 saturated carbocycles. The van der Waals surface area contributed by atoms with Crippen molar-refractivity contribution in [2.24, 2.45) is 0 Å². The third kappa shape index (κ3) is 8.97. The third-order valence-corrected chi connectivity index (χ3v) is 11.8. The zero-order chi connectivity index (χ0) is 35.1. The number of ether oxygens (including phenoxy) is 1. The van der Waals surface area contributed by atoms with Crippen LogP contribution in [0.3, 0.4) is 0 Å². The van der Waals surface area contributed by atoms with E-state index < -0.39 is 28.5 Å². The first-order valence-corrected chi connectivity index (χ1v) is 19.0. The van der Waals surface area contributed by atoms with Gasteiger partial charge in [0, 0.05) is 34.6 Å². The number of nitrogens with one attached hydrogen (secondary N) is 1. The van der Waals surface area contributed by atoms with E-state index in [9.17, 15) is 18.0 Å². The van der Waals surface area contributed by atoms with Crippen molar-refractivity contribution in [3.05, 3.63) is 122 Å². The quantitative estimate of drug-likeness (QED) is 0.148. The van der Waals surface area contributed by atoms with Crippen LogP contribution in [0, 0.1) is 6.92 Å². The molecule has 1 aliphatic carbocycles. The standard InChI is InChI=1S/C37H38BrCl2N3O5S/c1-25-15-17-28(18-16-25)43(49(46,47)29-19-20-35(48-2)31(38)22-29)24-36(44)42(23-30-32(39)13-8-14-33(30)40)34(21-26-9-4-3-5-10-26)37(45)41-27-11-6-7-12-27/h3-5,8-10,13-20,22,27,34H,6-7,11-12,21,23-24H2,1-2H3,(H,41,45)/t34-/m0/s1. The minimum absolute atomic E-state index is 0.00965. The molecule has 0 bridgehead atoms. The minimum atomic E-state index is -4.31. The highest BCUT2D eigenvalue weighted by molar-refractivity contribution is 9.10. The number of carbonyl (C=O) groups excluding carboxylic acids is 2. The Morgan fingerprint density at radius 1 is 0.939 bits per heavy atom. The van der Waals surface area contributed by atoms with Crippen LogP contribution >= 0.6 is 39.1 Å². The molecule has 0 spiro atoms. The Labute approximate surface area is 306 Å². The van der Waals surface area contributed by atoms with Crippen molar-refractivity contribution in [3.63, 3.8) is 0 Å². The average molecular weight is 788 g/mol. The highest BCUT2D eigenvalue weighted by Crippen LogP contribution is 2.32. The van der Waals surface area contributed by atoms with Crippen molar-refractivity contribution in [2.45, 2.75) is 62.6 Å². The maximum Gasteiger partial charge on any atom is 0.264 e. The molecule has 258 valence electrons. The Morgan fingerprint density at radius 3 is 2.20 bits per heavy atom. The number of hydrogen-bond acceptors (Lipinski definition) is 5. The summed E-state index contributed by atoms with van der Waals surface area (Å²) in [6.07, 6.45) is 3.92. The summed E-state index contributed by atoms with van der Waals surface area (Å²) in [4.78, 5) is 30.3. The molecule has 49 heavy (non-hydrogen) atoms. The van der Waals surface area contributed by atoms with E-state index in [-0.39, 0.29) is 35.5 Å². The number of anilines is 1. The van der Waals surface area contributed by atoms with Gasteiger partial charge in [-0.3, -0.25) is 13.9 Å². The summed E-state index contributed by atoms with van der Waals surface area (Å²) in [6, 6.07) is 24.7. The first-order chi connectivity index (χ1) is 23.5. The lowest BCUT2D eigenvalue weighted by molar-refractivity contribution is -0.140. The molecule has 8 nitrogen and oxygen atoms in total. The molecule has 0 saturated heterocycles. The maximum atomic E-state index is 14.8. The number of aryl methyl sites for hydroxylation is 1. The monoisotopic (exact) mass is 785 g/mol. The molecule has 0 unspecified atom stereocenters. The van der Waals surface area contributed by atoms with Crippen molar-refractivity contribution in [3.8, 4) is 5.75 Å². The summed E-state index contributed by atoms with van der Waals surface area (Å²) in [5.41, 5.74) is 2.50. The number of rotatable bonds is 13. The number of sulfonamides is 1. The summed E-state index contributed by atoms with van der Waals surface area (Å²) in [5.74, 6) is -0.469. The first-order valence-electron chi connectivity index (χ1n) is 16.0. The van der Waals surface area contributed by atoms with Crippen LogP contribution in [0.25, 0.3) is 0 Å². The van der Waals surface area contributed by atoms with E-state index >= 15 is 0 Å². The molecule has 2 amide bonds. The number of carbonyl (C=O) groups is 2. The van der Waals surface area contributed by atoms with Crippen molar-refractivity contribution < 1.29 is 22.7 Å². The number of halogens is 3. The Balaban J connectivity index is 1.60. The summed E-state index contributed by atoms with van der Waals surface area (Å²) < 4.78 is 35.6. The summed E-state index contributed by atoms with van der Waals surface area (Å²) in [6.45, 7) is 1.17. The fourth-order valence-corrected chi connectivity index (χ4v) is 8.60. The third-order valence-electron chi connectivity index (χ3n) is 8.67. The Hall–Kier alpha value is -3.57. The topological polar surface area (TPSA) is 96.0 Å². The summed E-state index contributed by atoms with van der Waals surface area (Å²) in [5, 5.41) is 3.82. The molecule has 12 heteroatoms. The predicted molar refractivity (Wildman–Crippen MR) is 198 cm³/mol. The second-order valence-electron chi connectivity index (χ2n) is 12.1. The molecule has 1 N–H and O–H groups in total. The van der Waals surface area contributed by atoms with Gasteiger partial charge in [0.05, 0.1) is 22.2 Å². The Morgan fingerprint density at radius 2 is 1.59 bits per heavy atom. The van der Waals surface area contributed by atoms with E-state index in [1.165, 1.54) is 24.1 Å². The molecule has 4 aromatic carbocycles. The zero-order valence-corrected chi connectivity index (χ0v) is 31.2. The van der Waals surface area contributed by atoms with Crippen LogP contribution in [0.2, 0.25) is 10.0 Å². The minimum Gasteiger partial charge on any atom is -0.496 e. The van der Waals surface area contributed by atoms with Crippen LogP contribution < -0.4 is 14.4 Å². The smallest absolute Gasteiger partial charge is 0.264 e. The lowest BCUT2D eigenvalue weighted by Crippen LogP contribution is -2.54. The average Bonchev–Trinajstić information content (AvgIpc) is 3.60. The largest absolute Gasteiger partial charge is 0.496 e. The first kappa shape index (κ1) is 36.7. The molecule has 5 rings (SSSR count). The van der Waals surface area contributed by atoms with Gasteiger partial charge in [-0.2, -0.15) is 0 Å². The van der Waals surface area contributed by atoms with Gasteiger partial charge >= 0.3 is 0 Å². The number of methoxy groups -OCH3 is 1. The van der Waals surface area contributed by atoms with Gasteiger partial charge in [0.25, 0.3) is 10.0 Å². The predicted octanol–water partition coefficient (Wildman–Crippen LogP) is 7.97. The molecule has 1 atom stereocenters. The summed E-state index contributed by atoms with van der Waals surface area (Å²) in [7, 11) is -2.82. The Kier molecular flexibility index (Phi) is 12.3. The number of amides is 2. The molecular weight excluding hydrogens is 749 g/mol. The SMILES string of the molecule is COc1ccc(S(=O)(=O)N(CC(=O)N(Cc2c(Cl)cccc2Cl)[C@@H](Cc2ccccc2)C(=O)NC2CCCC2)c2ccc(C)cc2)cc1Br. The van der Waals surface area contributed by atoms with Crippen LogP contribution in [0.4, 0.5) is 5.69 Å². The van der Waals surface area contributed by atoms with E-state index in [4.69, 9.17) is 27.9 Å². The van der Waals surface area contributed by atoms with Gasteiger partial charge in [0.2, 0.25) is 11.8 Å². The molecule has 1 fully saturated rings. The highest BCUT2D eigenvalue weighted by Gasteiger charge is 2.36. The molecule has 0 heterocycles. The number of nitrogens with zero attached hydrogens (tertiary/aromatic N) is 2. The van der Waals surface area contributed by atoms with Gasteiger partial charge in [0.15, 0.2) is 0 Å². The van der Waals surface area contributed by atoms with E-state index in [1.54, 1.807) is 48.5 Å². The van der Waals surface area contributed by atoms with Crippen molar-refractivity contribution in [1.82, 2.24) is 10.2 Å². The maximum absolute atomic E-state index is 14.8. The van der Waals surface area contributed by atoms with Crippen LogP contribution in [-0.2, 0) is 32.6 Å². The van der Waals surface area contributed by atoms with Gasteiger partial charge in [0.1, 0.15) is 18.3 Å². The molecule has 1 aliphatic rings. The van der Waals surface area contributed by atoms with E-state index in [1.807, 2.05) is 37.3 Å². The van der Waals surface area contributed by atoms with Gasteiger partial charge in [-0.15, -0.1) is 0 Å². The van der Waals surface area contributed by atoms with E-state index in [2.05, 4.69) is 21.2 Å². The molecular formula is C37H38BrCl2N3O5S. The van der Waals surface area contributed by atoms with E-state index in [0.717, 1.165) is 41.1 Å². The second-order valence-corrected chi connectivity index (χ2v) is 15.6. The second kappa shape index (κ2) is 16.4. The number of benzene rings is 4. The van der Waals surface area contributed by atoms with Crippen molar-refractivity contribution >= 4 is 66.7 Å². The highest BCUT2D eigenvalue weighted by atomic mass is 79.9. The normalized spacial score (nSPS) is 13.9.